The van der Waals surface area contributed by atoms with Crippen molar-refractivity contribution in [3.8, 4) is 11.5 Å². The minimum atomic E-state index is -4.12. The molecule has 0 saturated carbocycles. The number of rotatable bonds is 7. The second-order valence-corrected chi connectivity index (χ2v) is 8.04. The van der Waals surface area contributed by atoms with Crippen molar-refractivity contribution in [1.29, 1.82) is 0 Å². The topological polar surface area (TPSA) is 72.9 Å². The number of aryl methyl sites for hydroxylation is 1. The Bertz CT molecular complexity index is 1080. The predicted octanol–water partition coefficient (Wildman–Crippen LogP) is 3.80. The number of benzene rings is 3. The first kappa shape index (κ1) is 20.4. The first-order chi connectivity index (χ1) is 13.9. The van der Waals surface area contributed by atoms with Gasteiger partial charge in [0.25, 0.3) is 15.9 Å². The third-order valence-electron chi connectivity index (χ3n) is 4.20. The molecule has 1 amide bonds. The maximum Gasteiger partial charge on any atom is 0.278 e. The van der Waals surface area contributed by atoms with E-state index in [-0.39, 0.29) is 10.6 Å². The second kappa shape index (κ2) is 8.79. The molecule has 0 heterocycles. The quantitative estimate of drug-likeness (QED) is 0.591. The molecule has 6 nitrogen and oxygen atoms in total. The van der Waals surface area contributed by atoms with E-state index >= 15 is 0 Å². The molecular formula is C22H21NO5S. The van der Waals surface area contributed by atoms with Crippen LogP contribution in [0.4, 0.5) is 5.69 Å². The maximum atomic E-state index is 13.2. The Morgan fingerprint density at radius 3 is 2.07 bits per heavy atom. The number of amides is 1. The van der Waals surface area contributed by atoms with Crippen LogP contribution < -0.4 is 13.8 Å². The summed E-state index contributed by atoms with van der Waals surface area (Å²) in [4.78, 5) is 13.0. The van der Waals surface area contributed by atoms with Gasteiger partial charge in [0, 0.05) is 0 Å². The maximum absolute atomic E-state index is 13.2. The number of hydrogen-bond donors (Lipinski definition) is 0. The highest BCUT2D eigenvalue weighted by molar-refractivity contribution is 7.93. The van der Waals surface area contributed by atoms with Gasteiger partial charge >= 0.3 is 0 Å². The van der Waals surface area contributed by atoms with E-state index in [9.17, 15) is 13.2 Å². The molecule has 0 radical (unpaired) electrons. The zero-order valence-corrected chi connectivity index (χ0v) is 16.9. The van der Waals surface area contributed by atoms with E-state index in [1.807, 2.05) is 6.92 Å². The molecule has 0 unspecified atom stereocenters. The third-order valence-corrected chi connectivity index (χ3v) is 5.96. The SMILES string of the molecule is COc1ccccc1OCC(=O)N(c1ccccc1)S(=O)(=O)c1ccc(C)cc1. The number of carbonyl (C=O) groups is 1. The Balaban J connectivity index is 1.93. The molecule has 0 saturated heterocycles. The van der Waals surface area contributed by atoms with Crippen LogP contribution >= 0.6 is 0 Å². The molecule has 0 aliphatic rings. The van der Waals surface area contributed by atoms with Crippen LogP contribution in [0.2, 0.25) is 0 Å². The molecule has 0 fully saturated rings. The summed E-state index contributed by atoms with van der Waals surface area (Å²) in [7, 11) is -2.63. The lowest BCUT2D eigenvalue weighted by Gasteiger charge is -2.23. The van der Waals surface area contributed by atoms with Crippen LogP contribution in [-0.2, 0) is 14.8 Å². The first-order valence-electron chi connectivity index (χ1n) is 8.89. The number of para-hydroxylation sites is 3. The first-order valence-corrected chi connectivity index (χ1v) is 10.3. The van der Waals surface area contributed by atoms with Gasteiger partial charge in [-0.2, -0.15) is 4.31 Å². The summed E-state index contributed by atoms with van der Waals surface area (Å²) in [6.45, 7) is 1.39. The van der Waals surface area contributed by atoms with Gasteiger partial charge < -0.3 is 9.47 Å². The van der Waals surface area contributed by atoms with Crippen molar-refractivity contribution in [2.45, 2.75) is 11.8 Å². The van der Waals surface area contributed by atoms with E-state index in [4.69, 9.17) is 9.47 Å². The summed E-state index contributed by atoms with van der Waals surface area (Å²) >= 11 is 0. The number of hydrogen-bond acceptors (Lipinski definition) is 5. The Kier molecular flexibility index (Phi) is 6.19. The number of carbonyl (C=O) groups excluding carboxylic acids is 1. The molecule has 7 heteroatoms. The van der Waals surface area contributed by atoms with Crippen molar-refractivity contribution >= 4 is 21.6 Å². The lowest BCUT2D eigenvalue weighted by molar-refractivity contribution is -0.119. The lowest BCUT2D eigenvalue weighted by atomic mass is 10.2. The van der Waals surface area contributed by atoms with Gasteiger partial charge in [0.1, 0.15) is 0 Å². The van der Waals surface area contributed by atoms with Crippen LogP contribution in [0, 0.1) is 6.92 Å². The van der Waals surface area contributed by atoms with Crippen LogP contribution in [0.3, 0.4) is 0 Å². The zero-order valence-electron chi connectivity index (χ0n) is 16.1. The highest BCUT2D eigenvalue weighted by Gasteiger charge is 2.31. The highest BCUT2D eigenvalue weighted by Crippen LogP contribution is 2.27. The summed E-state index contributed by atoms with van der Waals surface area (Å²) < 4.78 is 38.0. The lowest BCUT2D eigenvalue weighted by Crippen LogP contribution is -2.40. The molecular weight excluding hydrogens is 390 g/mol. The largest absolute Gasteiger partial charge is 0.493 e. The molecule has 0 aliphatic carbocycles. The van der Waals surface area contributed by atoms with Gasteiger partial charge in [-0.05, 0) is 43.3 Å². The number of methoxy groups -OCH3 is 1. The fourth-order valence-electron chi connectivity index (χ4n) is 2.73. The molecule has 29 heavy (non-hydrogen) atoms. The van der Waals surface area contributed by atoms with Crippen molar-refractivity contribution in [1.82, 2.24) is 0 Å². The van der Waals surface area contributed by atoms with Crippen LogP contribution in [0.25, 0.3) is 0 Å². The Hall–Kier alpha value is -3.32. The van der Waals surface area contributed by atoms with Crippen LogP contribution in [0.5, 0.6) is 11.5 Å². The van der Waals surface area contributed by atoms with Crippen molar-refractivity contribution in [2.75, 3.05) is 18.0 Å². The van der Waals surface area contributed by atoms with E-state index in [0.717, 1.165) is 9.87 Å². The van der Waals surface area contributed by atoms with E-state index in [0.29, 0.717) is 11.5 Å². The molecule has 150 valence electrons. The van der Waals surface area contributed by atoms with Gasteiger partial charge in [-0.1, -0.05) is 48.0 Å². The molecule has 3 rings (SSSR count). The summed E-state index contributed by atoms with van der Waals surface area (Å²) in [6, 6.07) is 21.4. The van der Waals surface area contributed by atoms with Gasteiger partial charge in [-0.3, -0.25) is 4.79 Å². The molecule has 0 aliphatic heterocycles. The van der Waals surface area contributed by atoms with Crippen LogP contribution in [0.15, 0.2) is 83.8 Å². The molecule has 0 N–H and O–H groups in total. The monoisotopic (exact) mass is 411 g/mol. The Morgan fingerprint density at radius 2 is 1.45 bits per heavy atom. The minimum absolute atomic E-state index is 0.0256. The summed E-state index contributed by atoms with van der Waals surface area (Å²) in [6.07, 6.45) is 0. The Morgan fingerprint density at radius 1 is 0.862 bits per heavy atom. The van der Waals surface area contributed by atoms with Crippen molar-refractivity contribution in [2.24, 2.45) is 0 Å². The number of ether oxygens (including phenoxy) is 2. The Labute approximate surface area is 170 Å². The molecule has 3 aromatic rings. The van der Waals surface area contributed by atoms with Crippen LogP contribution in [-0.4, -0.2) is 28.0 Å². The fraction of sp³-hybridized carbons (Fsp3) is 0.136. The van der Waals surface area contributed by atoms with Gasteiger partial charge in [0.05, 0.1) is 17.7 Å². The van der Waals surface area contributed by atoms with Gasteiger partial charge in [0.2, 0.25) is 0 Å². The summed E-state index contributed by atoms with van der Waals surface area (Å²) in [5.74, 6) is 0.0831. The van der Waals surface area contributed by atoms with Crippen molar-refractivity contribution < 1.29 is 22.7 Å². The number of anilines is 1. The average molecular weight is 411 g/mol. The molecule has 0 atom stereocenters. The predicted molar refractivity (Wildman–Crippen MR) is 111 cm³/mol. The van der Waals surface area contributed by atoms with E-state index in [1.54, 1.807) is 66.7 Å². The summed E-state index contributed by atoms with van der Waals surface area (Å²) in [5, 5.41) is 0. The molecule has 3 aromatic carbocycles. The average Bonchev–Trinajstić information content (AvgIpc) is 2.73. The van der Waals surface area contributed by atoms with Crippen molar-refractivity contribution in [3.05, 3.63) is 84.4 Å². The van der Waals surface area contributed by atoms with Crippen LogP contribution in [0.1, 0.15) is 5.56 Å². The molecule has 0 spiro atoms. The van der Waals surface area contributed by atoms with Gasteiger partial charge in [-0.15, -0.1) is 0 Å². The third kappa shape index (κ3) is 4.57. The fourth-order valence-corrected chi connectivity index (χ4v) is 4.14. The standard InChI is InChI=1S/C22H21NO5S/c1-17-12-14-19(15-13-17)29(25,26)23(18-8-4-3-5-9-18)22(24)16-28-21-11-7-6-10-20(21)27-2/h3-15H,16H2,1-2H3. The zero-order chi connectivity index (χ0) is 20.9. The number of sulfonamides is 1. The van der Waals surface area contributed by atoms with Gasteiger partial charge in [-0.25, -0.2) is 8.42 Å². The number of nitrogens with zero attached hydrogens (tertiary/aromatic N) is 1. The van der Waals surface area contributed by atoms with E-state index in [1.165, 1.54) is 19.2 Å². The minimum Gasteiger partial charge on any atom is -0.493 e. The molecule has 0 bridgehead atoms. The normalized spacial score (nSPS) is 11.0. The molecule has 0 aromatic heterocycles. The van der Waals surface area contributed by atoms with Gasteiger partial charge in [0.15, 0.2) is 18.1 Å². The highest BCUT2D eigenvalue weighted by atomic mass is 32.2. The van der Waals surface area contributed by atoms with Crippen molar-refractivity contribution in [3.63, 3.8) is 0 Å². The smallest absolute Gasteiger partial charge is 0.278 e. The summed E-state index contributed by atoms with van der Waals surface area (Å²) in [5.41, 5.74) is 1.16. The second-order valence-electron chi connectivity index (χ2n) is 6.25. The van der Waals surface area contributed by atoms with E-state index in [2.05, 4.69) is 0 Å². The van der Waals surface area contributed by atoms with E-state index < -0.39 is 22.5 Å².